The highest BCUT2D eigenvalue weighted by Gasteiger charge is 2.11. The van der Waals surface area contributed by atoms with Gasteiger partial charge in [-0.3, -0.25) is 4.79 Å². The van der Waals surface area contributed by atoms with Gasteiger partial charge in [0.25, 0.3) is 0 Å². The van der Waals surface area contributed by atoms with Crippen LogP contribution in [-0.2, 0) is 4.79 Å². The fourth-order valence-electron chi connectivity index (χ4n) is 2.17. The van der Waals surface area contributed by atoms with Gasteiger partial charge < -0.3 is 15.7 Å². The third-order valence-corrected chi connectivity index (χ3v) is 3.18. The number of anilines is 1. The van der Waals surface area contributed by atoms with Crippen molar-refractivity contribution >= 4 is 22.4 Å². The first kappa shape index (κ1) is 15.3. The highest BCUT2D eigenvalue weighted by atomic mass is 16.3. The number of carbonyl (C=O) groups excluding carboxylic acids is 1. The van der Waals surface area contributed by atoms with Crippen LogP contribution in [0.25, 0.3) is 10.8 Å². The van der Waals surface area contributed by atoms with Crippen LogP contribution in [0, 0.1) is 0 Å². The van der Waals surface area contributed by atoms with Gasteiger partial charge in [-0.2, -0.15) is 0 Å². The van der Waals surface area contributed by atoms with Crippen LogP contribution in [0.15, 0.2) is 36.4 Å². The van der Waals surface area contributed by atoms with E-state index in [9.17, 15) is 9.90 Å². The van der Waals surface area contributed by atoms with Gasteiger partial charge in [-0.25, -0.2) is 0 Å². The Kier molecular flexibility index (Phi) is 4.48. The summed E-state index contributed by atoms with van der Waals surface area (Å²) in [6, 6.07) is 10.8. The fourth-order valence-corrected chi connectivity index (χ4v) is 2.17. The van der Waals surface area contributed by atoms with E-state index in [1.807, 2.05) is 24.3 Å². The van der Waals surface area contributed by atoms with E-state index < -0.39 is 0 Å². The molecule has 0 saturated heterocycles. The minimum absolute atomic E-state index is 0.00547. The molecule has 0 aliphatic rings. The number of amides is 1. The summed E-state index contributed by atoms with van der Waals surface area (Å²) in [5, 5.41) is 17.6. The molecule has 0 radical (unpaired) electrons. The normalized spacial score (nSPS) is 11.6. The van der Waals surface area contributed by atoms with E-state index in [4.69, 9.17) is 0 Å². The van der Waals surface area contributed by atoms with Crippen molar-refractivity contribution in [2.45, 2.75) is 32.7 Å². The number of phenols is 1. The number of phenolic OH excluding ortho intramolecular Hbond substituents is 1. The van der Waals surface area contributed by atoms with Gasteiger partial charge in [0.15, 0.2) is 0 Å². The molecule has 0 unspecified atom stereocenters. The number of nitrogens with one attached hydrogen (secondary N) is 2. The van der Waals surface area contributed by atoms with Crippen molar-refractivity contribution in [3.8, 4) is 5.75 Å². The first-order valence-corrected chi connectivity index (χ1v) is 7.12. The quantitative estimate of drug-likeness (QED) is 0.808. The van der Waals surface area contributed by atoms with E-state index in [0.29, 0.717) is 13.0 Å². The van der Waals surface area contributed by atoms with Crippen molar-refractivity contribution in [3.63, 3.8) is 0 Å². The van der Waals surface area contributed by atoms with Crippen LogP contribution >= 0.6 is 0 Å². The monoisotopic (exact) mass is 286 g/mol. The molecule has 0 heterocycles. The Morgan fingerprint density at radius 1 is 1.10 bits per heavy atom. The smallest absolute Gasteiger partial charge is 0.225 e. The Balaban J connectivity index is 2.06. The second kappa shape index (κ2) is 6.14. The Hall–Kier alpha value is -2.07. The summed E-state index contributed by atoms with van der Waals surface area (Å²) < 4.78 is 0. The Morgan fingerprint density at radius 3 is 2.48 bits per heavy atom. The number of hydrogen-bond acceptors (Lipinski definition) is 3. The van der Waals surface area contributed by atoms with E-state index in [1.165, 1.54) is 0 Å². The average molecular weight is 286 g/mol. The molecule has 2 aromatic rings. The van der Waals surface area contributed by atoms with Gasteiger partial charge >= 0.3 is 0 Å². The number of hydrogen-bond donors (Lipinski definition) is 3. The minimum atomic E-state index is -0.0393. The Morgan fingerprint density at radius 2 is 1.76 bits per heavy atom. The van der Waals surface area contributed by atoms with E-state index in [2.05, 4.69) is 31.4 Å². The molecule has 0 aliphatic carbocycles. The van der Waals surface area contributed by atoms with Crippen molar-refractivity contribution in [2.24, 2.45) is 0 Å². The summed E-state index contributed by atoms with van der Waals surface area (Å²) in [6.07, 6.45) is 0.409. The number of benzene rings is 2. The largest absolute Gasteiger partial charge is 0.507 e. The molecule has 2 rings (SSSR count). The van der Waals surface area contributed by atoms with Gasteiger partial charge in [0, 0.05) is 35.0 Å². The van der Waals surface area contributed by atoms with Crippen molar-refractivity contribution in [2.75, 3.05) is 11.9 Å². The highest BCUT2D eigenvalue weighted by Crippen LogP contribution is 2.29. The van der Waals surface area contributed by atoms with E-state index >= 15 is 0 Å². The third kappa shape index (κ3) is 4.20. The molecule has 0 aromatic heterocycles. The molecular weight excluding hydrogens is 264 g/mol. The number of aromatic hydroxyl groups is 1. The molecular formula is C17H22N2O2. The van der Waals surface area contributed by atoms with Crippen molar-refractivity contribution in [1.29, 1.82) is 0 Å². The lowest BCUT2D eigenvalue weighted by Crippen LogP contribution is -2.37. The maximum absolute atomic E-state index is 12.0. The molecule has 21 heavy (non-hydrogen) atoms. The van der Waals surface area contributed by atoms with E-state index in [1.54, 1.807) is 12.1 Å². The minimum Gasteiger partial charge on any atom is -0.507 e. The summed E-state index contributed by atoms with van der Waals surface area (Å²) in [6.45, 7) is 6.83. The summed E-state index contributed by atoms with van der Waals surface area (Å²) in [5.74, 6) is 0.181. The van der Waals surface area contributed by atoms with Crippen LogP contribution in [-0.4, -0.2) is 23.1 Å². The lowest BCUT2D eigenvalue weighted by molar-refractivity contribution is -0.116. The van der Waals surface area contributed by atoms with E-state index in [0.717, 1.165) is 16.5 Å². The van der Waals surface area contributed by atoms with Gasteiger partial charge in [0.1, 0.15) is 5.75 Å². The third-order valence-electron chi connectivity index (χ3n) is 3.18. The van der Waals surface area contributed by atoms with Crippen LogP contribution in [0.2, 0.25) is 0 Å². The highest BCUT2D eigenvalue weighted by molar-refractivity contribution is 6.03. The Bertz CT molecular complexity index is 645. The predicted molar refractivity (Wildman–Crippen MR) is 86.6 cm³/mol. The first-order valence-electron chi connectivity index (χ1n) is 7.12. The summed E-state index contributed by atoms with van der Waals surface area (Å²) >= 11 is 0. The molecule has 2 aromatic carbocycles. The molecule has 0 bridgehead atoms. The molecule has 112 valence electrons. The van der Waals surface area contributed by atoms with Crippen LogP contribution in [0.4, 0.5) is 5.69 Å². The molecule has 0 spiro atoms. The second-order valence-electron chi connectivity index (χ2n) is 6.15. The van der Waals surface area contributed by atoms with E-state index in [-0.39, 0.29) is 17.2 Å². The predicted octanol–water partition coefficient (Wildman–Crippen LogP) is 3.26. The molecule has 4 nitrogen and oxygen atoms in total. The fraction of sp³-hybridized carbons (Fsp3) is 0.353. The van der Waals surface area contributed by atoms with Gasteiger partial charge in [0.2, 0.25) is 5.91 Å². The zero-order valence-electron chi connectivity index (χ0n) is 12.7. The zero-order valence-corrected chi connectivity index (χ0v) is 12.7. The van der Waals surface area contributed by atoms with Crippen LogP contribution < -0.4 is 10.6 Å². The van der Waals surface area contributed by atoms with Gasteiger partial charge in [-0.1, -0.05) is 24.3 Å². The average Bonchev–Trinajstić information content (AvgIpc) is 2.38. The van der Waals surface area contributed by atoms with Crippen LogP contribution in [0.1, 0.15) is 27.2 Å². The standard InChI is InChI=1S/C17H22N2O2/c1-17(2,3)18-11-10-16(21)19-14-8-4-7-13-12(14)6-5-9-15(13)20/h4-9,18,20H,10-11H2,1-3H3,(H,19,21). The topological polar surface area (TPSA) is 61.4 Å². The molecule has 0 atom stereocenters. The zero-order chi connectivity index (χ0) is 15.5. The molecule has 4 heteroatoms. The summed E-state index contributed by atoms with van der Waals surface area (Å²) in [7, 11) is 0. The summed E-state index contributed by atoms with van der Waals surface area (Å²) in [4.78, 5) is 12.0. The van der Waals surface area contributed by atoms with Crippen molar-refractivity contribution < 1.29 is 9.90 Å². The number of fused-ring (bicyclic) bond motifs is 1. The molecule has 3 N–H and O–H groups in total. The van der Waals surface area contributed by atoms with Crippen LogP contribution in [0.3, 0.4) is 0 Å². The molecule has 1 amide bonds. The number of carbonyl (C=O) groups is 1. The van der Waals surface area contributed by atoms with Crippen LogP contribution in [0.5, 0.6) is 5.75 Å². The molecule has 0 saturated carbocycles. The molecule has 0 aliphatic heterocycles. The molecule has 0 fully saturated rings. The SMILES string of the molecule is CC(C)(C)NCCC(=O)Nc1cccc2c(O)cccc12. The first-order chi connectivity index (χ1) is 9.87. The lowest BCUT2D eigenvalue weighted by Gasteiger charge is -2.20. The van der Waals surface area contributed by atoms with Gasteiger partial charge in [-0.15, -0.1) is 0 Å². The number of rotatable bonds is 4. The van der Waals surface area contributed by atoms with Gasteiger partial charge in [-0.05, 0) is 32.9 Å². The van der Waals surface area contributed by atoms with Crippen molar-refractivity contribution in [3.05, 3.63) is 36.4 Å². The van der Waals surface area contributed by atoms with Gasteiger partial charge in [0.05, 0.1) is 0 Å². The Labute approximate surface area is 125 Å². The maximum Gasteiger partial charge on any atom is 0.225 e. The lowest BCUT2D eigenvalue weighted by atomic mass is 10.1. The second-order valence-corrected chi connectivity index (χ2v) is 6.15. The summed E-state index contributed by atoms with van der Waals surface area (Å²) in [5.41, 5.74) is 0.732. The van der Waals surface area contributed by atoms with Crippen molar-refractivity contribution in [1.82, 2.24) is 5.32 Å². The maximum atomic E-state index is 12.0.